The van der Waals surface area contributed by atoms with Crippen LogP contribution in [0.15, 0.2) is 0 Å². The van der Waals surface area contributed by atoms with Gasteiger partial charge in [-0.2, -0.15) is 0 Å². The van der Waals surface area contributed by atoms with Gasteiger partial charge >= 0.3 is 0 Å². The second kappa shape index (κ2) is 24.5. The average molecular weight is 212 g/mol. The Labute approximate surface area is 72.0 Å². The van der Waals surface area contributed by atoms with Crippen molar-refractivity contribution >= 4 is 49.6 Å². The molecule has 0 atom stereocenters. The molecule has 0 aromatic heterocycles. The molecule has 0 amide bonds. The fourth-order valence-electron chi connectivity index (χ4n) is 0. The van der Waals surface area contributed by atoms with E-state index in [2.05, 4.69) is 0 Å². The summed E-state index contributed by atoms with van der Waals surface area (Å²) in [6, 6.07) is 0. The van der Waals surface area contributed by atoms with Gasteiger partial charge in [-0.1, -0.05) is 0 Å². The molecular formula is C2H8Cl4F2. The summed E-state index contributed by atoms with van der Waals surface area (Å²) in [5, 5.41) is 0. The molecule has 0 N–H and O–H groups in total. The molecule has 0 fully saturated rings. The van der Waals surface area contributed by atoms with E-state index in [9.17, 15) is 8.78 Å². The molecule has 0 heterocycles. The Bertz CT molecular complexity index is 16.8. The fourth-order valence-corrected chi connectivity index (χ4v) is 0. The second-order valence-corrected chi connectivity index (χ2v) is 0.519. The zero-order chi connectivity index (χ0) is 3.58. The van der Waals surface area contributed by atoms with Crippen LogP contribution in [0.4, 0.5) is 8.78 Å². The van der Waals surface area contributed by atoms with E-state index in [0.29, 0.717) is 0 Å². The Hall–Kier alpha value is 1.02. The third kappa shape index (κ3) is 245. The molecule has 0 saturated carbocycles. The Morgan fingerprint density at radius 3 is 0.875 bits per heavy atom. The molecule has 0 aliphatic heterocycles. The van der Waals surface area contributed by atoms with E-state index in [1.807, 2.05) is 0 Å². The molecule has 58 valence electrons. The predicted octanol–water partition coefficient (Wildman–Crippen LogP) is 2.96. The number of hydrogen-bond donors (Lipinski definition) is 0. The van der Waals surface area contributed by atoms with Crippen LogP contribution in [0.2, 0.25) is 0 Å². The lowest BCUT2D eigenvalue weighted by Crippen LogP contribution is -1.69. The molecule has 0 spiro atoms. The summed E-state index contributed by atoms with van der Waals surface area (Å²) in [5.41, 5.74) is 0. The van der Waals surface area contributed by atoms with Gasteiger partial charge in [0.2, 0.25) is 6.43 Å². The van der Waals surface area contributed by atoms with Gasteiger partial charge in [-0.3, -0.25) is 0 Å². The molecule has 0 aliphatic rings. The van der Waals surface area contributed by atoms with Gasteiger partial charge in [0, 0.05) is 0 Å². The molecule has 0 aliphatic carbocycles. The van der Waals surface area contributed by atoms with Gasteiger partial charge in [0.15, 0.2) is 0 Å². The molecule has 0 aromatic carbocycles. The van der Waals surface area contributed by atoms with Crippen molar-refractivity contribution in [3.05, 3.63) is 0 Å². The Balaban J connectivity index is -0.00000000750. The van der Waals surface area contributed by atoms with Crippen molar-refractivity contribution < 1.29 is 8.78 Å². The first-order valence-corrected chi connectivity index (χ1v) is 1.01. The number of halogens is 6. The molecule has 0 bridgehead atoms. The molecule has 0 radical (unpaired) electrons. The van der Waals surface area contributed by atoms with Crippen molar-refractivity contribution in [2.24, 2.45) is 0 Å². The standard InChI is InChI=1S/C2H4F2.4ClH/c1-2(3)4;;;;/h2H,1H3;4*1H. The number of alkyl halides is 2. The summed E-state index contributed by atoms with van der Waals surface area (Å²) < 4.78 is 20.7. The summed E-state index contributed by atoms with van der Waals surface area (Å²) in [6.07, 6.45) is -2.17. The summed E-state index contributed by atoms with van der Waals surface area (Å²) in [7, 11) is 0. The van der Waals surface area contributed by atoms with Crippen LogP contribution < -0.4 is 0 Å². The highest BCUT2D eigenvalue weighted by Gasteiger charge is 1.79. The maximum atomic E-state index is 10.3. The summed E-state index contributed by atoms with van der Waals surface area (Å²) in [6.45, 7) is 0.833. The monoisotopic (exact) mass is 210 g/mol. The first kappa shape index (κ1) is 35.9. The Morgan fingerprint density at radius 2 is 0.875 bits per heavy atom. The van der Waals surface area contributed by atoms with Gasteiger partial charge in [-0.15, -0.1) is 49.6 Å². The van der Waals surface area contributed by atoms with Crippen LogP contribution in [0.1, 0.15) is 6.92 Å². The van der Waals surface area contributed by atoms with Crippen molar-refractivity contribution in [2.45, 2.75) is 13.3 Å². The van der Waals surface area contributed by atoms with Gasteiger partial charge in [-0.25, -0.2) is 8.78 Å². The zero-order valence-electron chi connectivity index (χ0n) is 3.97. The Morgan fingerprint density at radius 1 is 0.875 bits per heavy atom. The van der Waals surface area contributed by atoms with Crippen LogP contribution in [0, 0.1) is 0 Å². The van der Waals surface area contributed by atoms with E-state index < -0.39 is 6.43 Å². The van der Waals surface area contributed by atoms with Crippen molar-refractivity contribution in [1.82, 2.24) is 0 Å². The quantitative estimate of drug-likeness (QED) is 0.578. The van der Waals surface area contributed by atoms with Crippen LogP contribution in [0.3, 0.4) is 0 Å². The van der Waals surface area contributed by atoms with Crippen LogP contribution >= 0.6 is 49.6 Å². The number of rotatable bonds is 0. The lowest BCUT2D eigenvalue weighted by molar-refractivity contribution is 0.171. The topological polar surface area (TPSA) is 0 Å². The summed E-state index contributed by atoms with van der Waals surface area (Å²) in [4.78, 5) is 0. The highest BCUT2D eigenvalue weighted by atomic mass is 35.5. The SMILES string of the molecule is CC(F)F.Cl.Cl.Cl.Cl. The molecule has 0 aromatic rings. The van der Waals surface area contributed by atoms with E-state index in [1.54, 1.807) is 0 Å². The van der Waals surface area contributed by atoms with Gasteiger partial charge in [0.1, 0.15) is 0 Å². The highest BCUT2D eigenvalue weighted by molar-refractivity contribution is 5.86. The zero-order valence-corrected chi connectivity index (χ0v) is 7.23. The van der Waals surface area contributed by atoms with Gasteiger partial charge in [0.25, 0.3) is 0 Å². The molecule has 6 heteroatoms. The van der Waals surface area contributed by atoms with Crippen LogP contribution in [-0.4, -0.2) is 6.43 Å². The van der Waals surface area contributed by atoms with Crippen molar-refractivity contribution in [3.63, 3.8) is 0 Å². The minimum absolute atomic E-state index is 0. The van der Waals surface area contributed by atoms with E-state index in [4.69, 9.17) is 0 Å². The first-order chi connectivity index (χ1) is 1.73. The maximum Gasteiger partial charge on any atom is 0.235 e. The minimum atomic E-state index is -2.17. The lowest BCUT2D eigenvalue weighted by atomic mass is 10.9. The van der Waals surface area contributed by atoms with Gasteiger partial charge < -0.3 is 0 Å². The molecule has 0 nitrogen and oxygen atoms in total. The Kier molecular flexibility index (Phi) is 110. The van der Waals surface area contributed by atoms with E-state index >= 15 is 0 Å². The minimum Gasteiger partial charge on any atom is -0.211 e. The highest BCUT2D eigenvalue weighted by Crippen LogP contribution is 1.82. The molecule has 0 unspecified atom stereocenters. The van der Waals surface area contributed by atoms with Crippen LogP contribution in [0.25, 0.3) is 0 Å². The molecule has 8 heavy (non-hydrogen) atoms. The lowest BCUT2D eigenvalue weighted by Gasteiger charge is -1.70. The first-order valence-electron chi connectivity index (χ1n) is 1.01. The third-order valence-electron chi connectivity index (χ3n) is 0. The van der Waals surface area contributed by atoms with E-state index in [-0.39, 0.29) is 49.6 Å². The van der Waals surface area contributed by atoms with E-state index in [0.717, 1.165) is 6.92 Å². The second-order valence-electron chi connectivity index (χ2n) is 0.519. The average Bonchev–Trinajstić information content (AvgIpc) is 0.811. The maximum absolute atomic E-state index is 10.3. The molecular weight excluding hydrogens is 204 g/mol. The third-order valence-corrected chi connectivity index (χ3v) is 0. The smallest absolute Gasteiger partial charge is 0.211 e. The predicted molar refractivity (Wildman–Crippen MR) is 40.7 cm³/mol. The largest absolute Gasteiger partial charge is 0.235 e. The van der Waals surface area contributed by atoms with E-state index in [1.165, 1.54) is 0 Å². The van der Waals surface area contributed by atoms with Gasteiger partial charge in [0.05, 0.1) is 0 Å². The molecule has 0 saturated heterocycles. The fraction of sp³-hybridized carbons (Fsp3) is 1.00. The van der Waals surface area contributed by atoms with Crippen LogP contribution in [0.5, 0.6) is 0 Å². The number of hydrogen-bond acceptors (Lipinski definition) is 0. The van der Waals surface area contributed by atoms with Crippen molar-refractivity contribution in [1.29, 1.82) is 0 Å². The van der Waals surface area contributed by atoms with Crippen molar-refractivity contribution in [2.75, 3.05) is 0 Å². The summed E-state index contributed by atoms with van der Waals surface area (Å²) in [5.74, 6) is 0. The van der Waals surface area contributed by atoms with Crippen LogP contribution in [-0.2, 0) is 0 Å². The van der Waals surface area contributed by atoms with Gasteiger partial charge in [-0.05, 0) is 6.92 Å². The molecule has 0 rings (SSSR count). The van der Waals surface area contributed by atoms with Crippen molar-refractivity contribution in [3.8, 4) is 0 Å². The normalized spacial score (nSPS) is 4.50. The summed E-state index contributed by atoms with van der Waals surface area (Å²) >= 11 is 0.